The van der Waals surface area contributed by atoms with Gasteiger partial charge in [0.15, 0.2) is 0 Å². The van der Waals surface area contributed by atoms with E-state index in [1.54, 1.807) is 6.08 Å². The predicted octanol–water partition coefficient (Wildman–Crippen LogP) is 1.04. The molecule has 1 aliphatic rings. The van der Waals surface area contributed by atoms with Crippen LogP contribution >= 0.6 is 0 Å². The summed E-state index contributed by atoms with van der Waals surface area (Å²) in [6.45, 7) is 13.2. The van der Waals surface area contributed by atoms with Crippen LogP contribution in [0.2, 0.25) is 0 Å². The highest BCUT2D eigenvalue weighted by Crippen LogP contribution is 2.18. The molecule has 0 radical (unpaired) electrons. The van der Waals surface area contributed by atoms with Gasteiger partial charge in [-0.05, 0) is 6.92 Å². The zero-order valence-corrected chi connectivity index (χ0v) is 15.8. The van der Waals surface area contributed by atoms with Crippen molar-refractivity contribution in [1.82, 2.24) is 25.5 Å². The number of hydrogen-bond donors (Lipinski definition) is 2. The molecule has 142 valence electrons. The van der Waals surface area contributed by atoms with Crippen molar-refractivity contribution >= 4 is 17.8 Å². The van der Waals surface area contributed by atoms with Gasteiger partial charge in [-0.15, -0.1) is 6.58 Å². The zero-order valence-electron chi connectivity index (χ0n) is 15.8. The first-order chi connectivity index (χ1) is 12.4. The van der Waals surface area contributed by atoms with E-state index >= 15 is 0 Å². The number of urea groups is 1. The summed E-state index contributed by atoms with van der Waals surface area (Å²) in [5, 5.41) is 4.84. The van der Waals surface area contributed by atoms with E-state index in [0.717, 1.165) is 43.5 Å². The van der Waals surface area contributed by atoms with Crippen molar-refractivity contribution < 1.29 is 9.59 Å². The Kier molecular flexibility index (Phi) is 7.08. The smallest absolute Gasteiger partial charge is 0.321 e. The molecule has 1 fully saturated rings. The maximum atomic E-state index is 11.9. The van der Waals surface area contributed by atoms with Crippen molar-refractivity contribution in [3.8, 4) is 0 Å². The number of carbonyl (C=O) groups excluding carboxylic acids is 2. The summed E-state index contributed by atoms with van der Waals surface area (Å²) in [4.78, 5) is 36.8. The predicted molar refractivity (Wildman–Crippen MR) is 101 cm³/mol. The van der Waals surface area contributed by atoms with Gasteiger partial charge in [0.2, 0.25) is 5.91 Å². The molecule has 0 spiro atoms. The maximum absolute atomic E-state index is 11.9. The van der Waals surface area contributed by atoms with Crippen LogP contribution in [0, 0.1) is 6.92 Å². The van der Waals surface area contributed by atoms with E-state index in [0.29, 0.717) is 6.54 Å². The van der Waals surface area contributed by atoms with Gasteiger partial charge in [-0.2, -0.15) is 0 Å². The molecule has 8 nitrogen and oxygen atoms in total. The molecule has 0 atom stereocenters. The topological polar surface area (TPSA) is 90.5 Å². The molecule has 8 heteroatoms. The van der Waals surface area contributed by atoms with Gasteiger partial charge >= 0.3 is 6.03 Å². The Morgan fingerprint density at radius 1 is 1.27 bits per heavy atom. The van der Waals surface area contributed by atoms with E-state index in [-0.39, 0.29) is 18.4 Å². The summed E-state index contributed by atoms with van der Waals surface area (Å²) in [5.74, 6) is 1.77. The van der Waals surface area contributed by atoms with Gasteiger partial charge in [0.25, 0.3) is 0 Å². The van der Waals surface area contributed by atoms with Gasteiger partial charge in [0.1, 0.15) is 11.6 Å². The Labute approximate surface area is 154 Å². The number of imide groups is 1. The molecule has 1 aromatic rings. The Balaban J connectivity index is 1.84. The third-order valence-electron chi connectivity index (χ3n) is 4.10. The zero-order chi connectivity index (χ0) is 19.1. The van der Waals surface area contributed by atoms with Crippen LogP contribution < -0.4 is 15.5 Å². The van der Waals surface area contributed by atoms with Crippen molar-refractivity contribution in [2.45, 2.75) is 26.7 Å². The molecule has 26 heavy (non-hydrogen) atoms. The molecular weight excluding hydrogens is 332 g/mol. The van der Waals surface area contributed by atoms with Crippen molar-refractivity contribution in [2.24, 2.45) is 0 Å². The van der Waals surface area contributed by atoms with Gasteiger partial charge in [0.05, 0.1) is 6.54 Å². The lowest BCUT2D eigenvalue weighted by molar-refractivity contribution is -0.121. The standard InChI is InChI=1S/C18H28N6O2/c1-5-6-19-18(26)22-16(25)12-23-7-9-24(10-8-23)15-11-14(4)20-17(21-15)13(2)3/h5,11,13H,1,6-10,12H2,2-4H3,(H2,19,22,25,26). The summed E-state index contributed by atoms with van der Waals surface area (Å²) in [5.41, 5.74) is 0.964. The van der Waals surface area contributed by atoms with Gasteiger partial charge in [0, 0.05) is 50.4 Å². The SMILES string of the molecule is C=CCNC(=O)NC(=O)CN1CCN(c2cc(C)nc(C(C)C)n2)CC1. The van der Waals surface area contributed by atoms with E-state index in [1.165, 1.54) is 0 Å². The van der Waals surface area contributed by atoms with E-state index in [2.05, 4.69) is 45.9 Å². The molecule has 0 unspecified atom stereocenters. The fraction of sp³-hybridized carbons (Fsp3) is 0.556. The summed E-state index contributed by atoms with van der Waals surface area (Å²) in [7, 11) is 0. The molecular formula is C18H28N6O2. The van der Waals surface area contributed by atoms with E-state index in [1.807, 2.05) is 17.9 Å². The quantitative estimate of drug-likeness (QED) is 0.737. The summed E-state index contributed by atoms with van der Waals surface area (Å²) in [6.07, 6.45) is 1.56. The first-order valence-electron chi connectivity index (χ1n) is 8.90. The molecule has 0 saturated carbocycles. The van der Waals surface area contributed by atoms with Gasteiger partial charge in [-0.3, -0.25) is 15.0 Å². The normalized spacial score (nSPS) is 15.0. The highest BCUT2D eigenvalue weighted by molar-refractivity contribution is 5.95. The average molecular weight is 360 g/mol. The third kappa shape index (κ3) is 5.80. The number of hydrogen-bond acceptors (Lipinski definition) is 6. The van der Waals surface area contributed by atoms with Crippen LogP contribution in [-0.4, -0.2) is 66.1 Å². The molecule has 2 heterocycles. The first kappa shape index (κ1) is 19.8. The molecule has 1 aromatic heterocycles. The minimum absolute atomic E-state index is 0.204. The molecule has 1 aliphatic heterocycles. The lowest BCUT2D eigenvalue weighted by atomic mass is 10.2. The second-order valence-electron chi connectivity index (χ2n) is 6.69. The average Bonchev–Trinajstić information content (AvgIpc) is 2.59. The number of rotatable bonds is 6. The molecule has 0 aliphatic carbocycles. The number of nitrogens with zero attached hydrogens (tertiary/aromatic N) is 4. The minimum atomic E-state index is -0.494. The Morgan fingerprint density at radius 3 is 2.58 bits per heavy atom. The van der Waals surface area contributed by atoms with Crippen molar-refractivity contribution in [3.05, 3.63) is 30.2 Å². The van der Waals surface area contributed by atoms with Crippen molar-refractivity contribution in [2.75, 3.05) is 44.2 Å². The van der Waals surface area contributed by atoms with Crippen LogP contribution in [0.4, 0.5) is 10.6 Å². The number of anilines is 1. The van der Waals surface area contributed by atoms with Crippen molar-refractivity contribution in [3.63, 3.8) is 0 Å². The highest BCUT2D eigenvalue weighted by atomic mass is 16.2. The Morgan fingerprint density at radius 2 is 1.96 bits per heavy atom. The number of amides is 3. The largest absolute Gasteiger partial charge is 0.354 e. The summed E-state index contributed by atoms with van der Waals surface area (Å²) in [6, 6.07) is 1.50. The second kappa shape index (κ2) is 9.28. The summed E-state index contributed by atoms with van der Waals surface area (Å²) < 4.78 is 0. The van der Waals surface area contributed by atoms with Crippen LogP contribution in [0.25, 0.3) is 0 Å². The fourth-order valence-electron chi connectivity index (χ4n) is 2.71. The number of piperazine rings is 1. The maximum Gasteiger partial charge on any atom is 0.321 e. The molecule has 2 rings (SSSR count). The Bertz CT molecular complexity index is 653. The highest BCUT2D eigenvalue weighted by Gasteiger charge is 2.21. The Hall–Kier alpha value is -2.48. The number of carbonyl (C=O) groups is 2. The van der Waals surface area contributed by atoms with E-state index < -0.39 is 6.03 Å². The minimum Gasteiger partial charge on any atom is -0.354 e. The lowest BCUT2D eigenvalue weighted by Crippen LogP contribution is -2.51. The number of aryl methyl sites for hydroxylation is 1. The molecule has 0 bridgehead atoms. The number of nitrogens with one attached hydrogen (secondary N) is 2. The third-order valence-corrected chi connectivity index (χ3v) is 4.10. The first-order valence-corrected chi connectivity index (χ1v) is 8.90. The van der Waals surface area contributed by atoms with Crippen LogP contribution in [0.5, 0.6) is 0 Å². The molecule has 1 saturated heterocycles. The van der Waals surface area contributed by atoms with Crippen LogP contribution in [0.15, 0.2) is 18.7 Å². The molecule has 0 aromatic carbocycles. The molecule has 2 N–H and O–H groups in total. The van der Waals surface area contributed by atoms with Crippen LogP contribution in [0.1, 0.15) is 31.3 Å². The van der Waals surface area contributed by atoms with E-state index in [9.17, 15) is 9.59 Å². The number of aromatic nitrogens is 2. The van der Waals surface area contributed by atoms with Crippen molar-refractivity contribution in [1.29, 1.82) is 0 Å². The summed E-state index contributed by atoms with van der Waals surface area (Å²) >= 11 is 0. The van der Waals surface area contributed by atoms with E-state index in [4.69, 9.17) is 0 Å². The monoisotopic (exact) mass is 360 g/mol. The molecule has 3 amide bonds. The fourth-order valence-corrected chi connectivity index (χ4v) is 2.71. The van der Waals surface area contributed by atoms with Crippen LogP contribution in [-0.2, 0) is 4.79 Å². The van der Waals surface area contributed by atoms with Gasteiger partial charge < -0.3 is 10.2 Å². The van der Waals surface area contributed by atoms with Crippen LogP contribution in [0.3, 0.4) is 0 Å². The lowest BCUT2D eigenvalue weighted by Gasteiger charge is -2.35. The van der Waals surface area contributed by atoms with Gasteiger partial charge in [-0.1, -0.05) is 19.9 Å². The second-order valence-corrected chi connectivity index (χ2v) is 6.69. The van der Waals surface area contributed by atoms with Gasteiger partial charge in [-0.25, -0.2) is 14.8 Å².